The molecule has 2 atom stereocenters. The number of benzene rings is 1. The first kappa shape index (κ1) is 23.6. The lowest BCUT2D eigenvalue weighted by molar-refractivity contribution is 0.395. The SMILES string of the molecule is COc1cc(OC)c(Cl)c(-c2cc3cnc(NC4CS(=O)(=O)CC4N)nc3n(C)c2=O)c1Cl. The third-order valence-corrected chi connectivity index (χ3v) is 8.01. The summed E-state index contributed by atoms with van der Waals surface area (Å²) in [5.74, 6) is 0.553. The molecule has 0 amide bonds. The van der Waals surface area contributed by atoms with E-state index in [1.165, 1.54) is 31.0 Å². The summed E-state index contributed by atoms with van der Waals surface area (Å²) in [5, 5.41) is 3.82. The zero-order valence-corrected chi connectivity index (χ0v) is 20.3. The van der Waals surface area contributed by atoms with Gasteiger partial charge in [-0.2, -0.15) is 4.98 Å². The lowest BCUT2D eigenvalue weighted by Crippen LogP contribution is -2.39. The number of aryl methyl sites for hydroxylation is 1. The van der Waals surface area contributed by atoms with Crippen molar-refractivity contribution in [3.05, 3.63) is 38.7 Å². The Kier molecular flexibility index (Phi) is 6.16. The van der Waals surface area contributed by atoms with E-state index in [2.05, 4.69) is 15.3 Å². The second-order valence-corrected chi connectivity index (χ2v) is 10.6. The molecule has 1 aromatic carbocycles. The quantitative estimate of drug-likeness (QED) is 0.522. The number of fused-ring (bicyclic) bond motifs is 1. The van der Waals surface area contributed by atoms with Gasteiger partial charge in [-0.15, -0.1) is 0 Å². The van der Waals surface area contributed by atoms with Gasteiger partial charge in [0.1, 0.15) is 17.1 Å². The zero-order chi connectivity index (χ0) is 24.1. The first-order chi connectivity index (χ1) is 15.6. The van der Waals surface area contributed by atoms with E-state index in [-0.39, 0.29) is 38.6 Å². The van der Waals surface area contributed by atoms with Gasteiger partial charge in [0.05, 0.1) is 47.4 Å². The molecule has 1 aliphatic rings. The normalized spacial score (nSPS) is 19.6. The van der Waals surface area contributed by atoms with E-state index in [1.807, 2.05) is 0 Å². The number of sulfone groups is 1. The van der Waals surface area contributed by atoms with Gasteiger partial charge in [-0.3, -0.25) is 9.36 Å². The van der Waals surface area contributed by atoms with Crippen molar-refractivity contribution in [2.45, 2.75) is 12.1 Å². The molecule has 0 radical (unpaired) electrons. The molecule has 0 saturated carbocycles. The van der Waals surface area contributed by atoms with Crippen LogP contribution >= 0.6 is 23.2 Å². The molecular formula is C20H21Cl2N5O5S. The lowest BCUT2D eigenvalue weighted by atomic mass is 10.0. The highest BCUT2D eigenvalue weighted by Crippen LogP contribution is 2.45. The molecule has 0 spiro atoms. The molecule has 1 fully saturated rings. The molecule has 176 valence electrons. The summed E-state index contributed by atoms with van der Waals surface area (Å²) in [6.45, 7) is 0. The third kappa shape index (κ3) is 4.21. The molecule has 4 rings (SSSR count). The van der Waals surface area contributed by atoms with Crippen molar-refractivity contribution < 1.29 is 17.9 Å². The number of ether oxygens (including phenoxy) is 2. The predicted octanol–water partition coefficient (Wildman–Crippen LogP) is 1.86. The standard InChI is InChI=1S/C20H21Cl2N5O5S/c1-27-18-9(6-24-20(26-18)25-12-8-33(29,30)7-11(12)23)4-10(19(27)28)15-16(21)13(31-2)5-14(32-3)17(15)22/h4-6,11-12H,7-8,23H2,1-3H3,(H,24,25,26). The second-order valence-electron chi connectivity index (χ2n) is 7.67. The van der Waals surface area contributed by atoms with E-state index < -0.39 is 27.5 Å². The van der Waals surface area contributed by atoms with Crippen molar-refractivity contribution >= 4 is 50.0 Å². The Labute approximate surface area is 199 Å². The summed E-state index contributed by atoms with van der Waals surface area (Å²) >= 11 is 13.0. The van der Waals surface area contributed by atoms with Crippen LogP contribution < -0.4 is 26.1 Å². The Balaban J connectivity index is 1.83. The van der Waals surface area contributed by atoms with E-state index in [4.69, 9.17) is 38.4 Å². The first-order valence-electron chi connectivity index (χ1n) is 9.76. The van der Waals surface area contributed by atoms with Gasteiger partial charge in [0.25, 0.3) is 5.56 Å². The minimum absolute atomic E-state index is 0.106. The van der Waals surface area contributed by atoms with Crippen LogP contribution in [0.5, 0.6) is 11.5 Å². The van der Waals surface area contributed by atoms with Gasteiger partial charge in [0.2, 0.25) is 5.95 Å². The molecule has 13 heteroatoms. The van der Waals surface area contributed by atoms with Crippen LogP contribution in [-0.4, -0.2) is 60.8 Å². The monoisotopic (exact) mass is 513 g/mol. The number of halogens is 2. The lowest BCUT2D eigenvalue weighted by Gasteiger charge is -2.17. The van der Waals surface area contributed by atoms with Crippen molar-refractivity contribution in [2.24, 2.45) is 12.8 Å². The molecule has 3 heterocycles. The molecule has 3 N–H and O–H groups in total. The van der Waals surface area contributed by atoms with E-state index in [1.54, 1.807) is 13.1 Å². The van der Waals surface area contributed by atoms with Crippen molar-refractivity contribution in [2.75, 3.05) is 31.0 Å². The van der Waals surface area contributed by atoms with Gasteiger partial charge in [-0.1, -0.05) is 23.2 Å². The molecule has 10 nitrogen and oxygen atoms in total. The maximum atomic E-state index is 13.3. The Bertz CT molecular complexity index is 1400. The zero-order valence-electron chi connectivity index (χ0n) is 17.9. The molecule has 0 bridgehead atoms. The molecule has 0 aliphatic carbocycles. The molecule has 2 unspecified atom stereocenters. The average Bonchev–Trinajstić information content (AvgIpc) is 3.03. The minimum Gasteiger partial charge on any atom is -0.495 e. The summed E-state index contributed by atoms with van der Waals surface area (Å²) in [4.78, 5) is 21.9. The highest BCUT2D eigenvalue weighted by molar-refractivity contribution is 7.91. The fourth-order valence-electron chi connectivity index (χ4n) is 3.81. The van der Waals surface area contributed by atoms with Crippen molar-refractivity contribution in [3.63, 3.8) is 0 Å². The number of nitrogens with one attached hydrogen (secondary N) is 1. The van der Waals surface area contributed by atoms with E-state index in [0.717, 1.165) is 0 Å². The van der Waals surface area contributed by atoms with Gasteiger partial charge in [-0.25, -0.2) is 13.4 Å². The fourth-order valence-corrected chi connectivity index (χ4v) is 6.34. The molecular weight excluding hydrogens is 493 g/mol. The van der Waals surface area contributed by atoms with Crippen LogP contribution in [0.15, 0.2) is 23.1 Å². The Morgan fingerprint density at radius 2 is 1.79 bits per heavy atom. The van der Waals surface area contributed by atoms with Crippen LogP contribution in [0.3, 0.4) is 0 Å². The van der Waals surface area contributed by atoms with Gasteiger partial charge >= 0.3 is 0 Å². The number of nitrogens with zero attached hydrogens (tertiary/aromatic N) is 3. The van der Waals surface area contributed by atoms with E-state index >= 15 is 0 Å². The van der Waals surface area contributed by atoms with Crippen LogP contribution in [0.25, 0.3) is 22.2 Å². The van der Waals surface area contributed by atoms with E-state index in [0.29, 0.717) is 22.5 Å². The number of methoxy groups -OCH3 is 2. The van der Waals surface area contributed by atoms with Crippen LogP contribution in [0.2, 0.25) is 10.0 Å². The van der Waals surface area contributed by atoms with Crippen molar-refractivity contribution in [1.29, 1.82) is 0 Å². The maximum Gasteiger partial charge on any atom is 0.259 e. The summed E-state index contributed by atoms with van der Waals surface area (Å²) < 4.78 is 35.6. The van der Waals surface area contributed by atoms with Gasteiger partial charge in [-0.05, 0) is 6.07 Å². The number of pyridine rings is 1. The van der Waals surface area contributed by atoms with Gasteiger partial charge < -0.3 is 20.5 Å². The van der Waals surface area contributed by atoms with Crippen LogP contribution in [-0.2, 0) is 16.9 Å². The fraction of sp³-hybridized carbons (Fsp3) is 0.350. The number of anilines is 1. The molecule has 33 heavy (non-hydrogen) atoms. The maximum absolute atomic E-state index is 13.3. The predicted molar refractivity (Wildman–Crippen MR) is 127 cm³/mol. The largest absolute Gasteiger partial charge is 0.495 e. The van der Waals surface area contributed by atoms with Crippen LogP contribution in [0.4, 0.5) is 5.95 Å². The number of aromatic nitrogens is 3. The first-order valence-corrected chi connectivity index (χ1v) is 12.3. The summed E-state index contributed by atoms with van der Waals surface area (Å²) in [7, 11) is 1.22. The Morgan fingerprint density at radius 1 is 1.15 bits per heavy atom. The van der Waals surface area contributed by atoms with Crippen molar-refractivity contribution in [1.82, 2.24) is 14.5 Å². The van der Waals surface area contributed by atoms with Gasteiger partial charge in [0.15, 0.2) is 9.84 Å². The molecule has 1 saturated heterocycles. The highest BCUT2D eigenvalue weighted by Gasteiger charge is 2.35. The molecule has 1 aliphatic heterocycles. The minimum atomic E-state index is -3.22. The van der Waals surface area contributed by atoms with Gasteiger partial charge in [0, 0.05) is 36.3 Å². The topological polar surface area (TPSA) is 138 Å². The molecule has 2 aromatic heterocycles. The van der Waals surface area contributed by atoms with Crippen LogP contribution in [0.1, 0.15) is 0 Å². The summed E-state index contributed by atoms with van der Waals surface area (Å²) in [6, 6.07) is 2.02. The van der Waals surface area contributed by atoms with Crippen LogP contribution in [0, 0.1) is 0 Å². The second kappa shape index (κ2) is 8.64. The smallest absolute Gasteiger partial charge is 0.259 e. The van der Waals surface area contributed by atoms with E-state index in [9.17, 15) is 13.2 Å². The number of nitrogens with two attached hydrogens (primary N) is 1. The number of hydrogen-bond acceptors (Lipinski definition) is 9. The summed E-state index contributed by atoms with van der Waals surface area (Å²) in [6.07, 6.45) is 1.52. The highest BCUT2D eigenvalue weighted by atomic mass is 35.5. The molecule has 3 aromatic rings. The average molecular weight is 514 g/mol. The van der Waals surface area contributed by atoms with Crippen molar-refractivity contribution in [3.8, 4) is 22.6 Å². The Morgan fingerprint density at radius 3 is 2.33 bits per heavy atom. The third-order valence-electron chi connectivity index (χ3n) is 5.50. The number of rotatable bonds is 5. The number of hydrogen-bond donors (Lipinski definition) is 2. The Hall–Kier alpha value is -2.60. The summed E-state index contributed by atoms with van der Waals surface area (Å²) in [5.41, 5.74) is 6.33.